The molecule has 1 rings (SSSR count). The number of methoxy groups -OCH3 is 1. The maximum Gasteiger partial charge on any atom is 0.0864 e. The number of rotatable bonds is 9. The molecule has 0 radical (unpaired) electrons. The van der Waals surface area contributed by atoms with E-state index in [0.29, 0.717) is 19.0 Å². The number of hydrogen-bond donors (Lipinski definition) is 1. The Balaban J connectivity index is 2.17. The van der Waals surface area contributed by atoms with E-state index in [1.807, 2.05) is 13.0 Å². The molecule has 0 amide bonds. The third kappa shape index (κ3) is 6.97. The van der Waals surface area contributed by atoms with Crippen LogP contribution in [0.25, 0.3) is 0 Å². The van der Waals surface area contributed by atoms with Crippen molar-refractivity contribution < 1.29 is 14.6 Å². The molecule has 0 fully saturated rings. The molecular formula is C15H24O3S. The van der Waals surface area contributed by atoms with Crippen molar-refractivity contribution in [2.75, 3.05) is 26.1 Å². The zero-order chi connectivity index (χ0) is 14.1. The second kappa shape index (κ2) is 9.37. The van der Waals surface area contributed by atoms with Crippen molar-refractivity contribution in [3.63, 3.8) is 0 Å². The summed E-state index contributed by atoms with van der Waals surface area (Å²) in [5.74, 6) is 1.62. The number of benzene rings is 1. The molecule has 19 heavy (non-hydrogen) atoms. The molecule has 0 saturated carbocycles. The minimum absolute atomic E-state index is 0.0287. The van der Waals surface area contributed by atoms with E-state index in [0.717, 1.165) is 5.75 Å². The Labute approximate surface area is 120 Å². The molecular weight excluding hydrogens is 260 g/mol. The summed E-state index contributed by atoms with van der Waals surface area (Å²) in [6.07, 6.45) is -0.394. The molecule has 2 unspecified atom stereocenters. The van der Waals surface area contributed by atoms with E-state index in [2.05, 4.69) is 25.1 Å². The van der Waals surface area contributed by atoms with Gasteiger partial charge in [-0.25, -0.2) is 0 Å². The van der Waals surface area contributed by atoms with Crippen molar-refractivity contribution >= 4 is 11.8 Å². The molecule has 0 aromatic heterocycles. The molecule has 1 aromatic rings. The van der Waals surface area contributed by atoms with Crippen molar-refractivity contribution in [1.29, 1.82) is 0 Å². The predicted molar refractivity (Wildman–Crippen MR) is 80.6 cm³/mol. The van der Waals surface area contributed by atoms with Gasteiger partial charge in [0.25, 0.3) is 0 Å². The highest BCUT2D eigenvalue weighted by Gasteiger charge is 2.08. The van der Waals surface area contributed by atoms with Gasteiger partial charge in [0.15, 0.2) is 0 Å². The van der Waals surface area contributed by atoms with E-state index in [9.17, 15) is 5.11 Å². The Bertz CT molecular complexity index is 357. The van der Waals surface area contributed by atoms with E-state index >= 15 is 0 Å². The summed E-state index contributed by atoms with van der Waals surface area (Å²) in [5.41, 5.74) is 2.63. The van der Waals surface area contributed by atoms with Crippen LogP contribution in [0.4, 0.5) is 0 Å². The number of aliphatic hydroxyl groups is 1. The Morgan fingerprint density at radius 1 is 1.26 bits per heavy atom. The molecule has 0 aliphatic heterocycles. The number of hydrogen-bond acceptors (Lipinski definition) is 4. The van der Waals surface area contributed by atoms with Gasteiger partial charge in [-0.2, -0.15) is 11.8 Å². The summed E-state index contributed by atoms with van der Waals surface area (Å²) in [7, 11) is 1.65. The lowest BCUT2D eigenvalue weighted by molar-refractivity contribution is -0.0257. The highest BCUT2D eigenvalue weighted by atomic mass is 32.2. The van der Waals surface area contributed by atoms with Crippen molar-refractivity contribution in [2.24, 2.45) is 0 Å². The van der Waals surface area contributed by atoms with Gasteiger partial charge in [-0.1, -0.05) is 24.3 Å². The first-order valence-corrected chi connectivity index (χ1v) is 7.69. The summed E-state index contributed by atoms with van der Waals surface area (Å²) in [4.78, 5) is 0. The van der Waals surface area contributed by atoms with Crippen LogP contribution in [0.2, 0.25) is 0 Å². The summed E-state index contributed by atoms with van der Waals surface area (Å²) in [6.45, 7) is 4.98. The van der Waals surface area contributed by atoms with Crippen LogP contribution in [0, 0.1) is 6.92 Å². The summed E-state index contributed by atoms with van der Waals surface area (Å²) < 4.78 is 10.5. The highest BCUT2D eigenvalue weighted by Crippen LogP contribution is 2.16. The lowest BCUT2D eigenvalue weighted by atomic mass is 10.1. The fourth-order valence-corrected chi connectivity index (χ4v) is 2.71. The molecule has 0 aliphatic carbocycles. The van der Waals surface area contributed by atoms with Crippen molar-refractivity contribution in [3.05, 3.63) is 35.4 Å². The van der Waals surface area contributed by atoms with Crippen LogP contribution in [-0.4, -0.2) is 43.4 Å². The first kappa shape index (κ1) is 16.5. The molecule has 0 saturated heterocycles. The average molecular weight is 284 g/mol. The third-order valence-electron chi connectivity index (χ3n) is 2.80. The Morgan fingerprint density at radius 3 is 2.68 bits per heavy atom. The lowest BCUT2D eigenvalue weighted by Gasteiger charge is -2.15. The van der Waals surface area contributed by atoms with Crippen LogP contribution >= 0.6 is 11.8 Å². The molecule has 4 heteroatoms. The fraction of sp³-hybridized carbons (Fsp3) is 0.600. The average Bonchev–Trinajstić information content (AvgIpc) is 2.39. The minimum Gasteiger partial charge on any atom is -0.390 e. The molecule has 3 nitrogen and oxygen atoms in total. The van der Waals surface area contributed by atoms with E-state index in [-0.39, 0.29) is 6.10 Å². The maximum absolute atomic E-state index is 9.83. The van der Waals surface area contributed by atoms with Gasteiger partial charge in [-0.05, 0) is 25.0 Å². The smallest absolute Gasteiger partial charge is 0.0864 e. The van der Waals surface area contributed by atoms with Crippen molar-refractivity contribution in [2.45, 2.75) is 31.8 Å². The zero-order valence-electron chi connectivity index (χ0n) is 12.0. The Hall–Kier alpha value is -0.550. The number of thioether (sulfide) groups is 1. The van der Waals surface area contributed by atoms with Gasteiger partial charge in [0.2, 0.25) is 0 Å². The molecule has 108 valence electrons. The van der Waals surface area contributed by atoms with E-state index in [4.69, 9.17) is 9.47 Å². The van der Waals surface area contributed by atoms with Crippen molar-refractivity contribution in [3.8, 4) is 0 Å². The third-order valence-corrected chi connectivity index (χ3v) is 3.94. The zero-order valence-corrected chi connectivity index (χ0v) is 12.8. The number of ether oxygens (including phenoxy) is 2. The molecule has 2 atom stereocenters. The quantitative estimate of drug-likeness (QED) is 0.756. The van der Waals surface area contributed by atoms with Gasteiger partial charge in [0.1, 0.15) is 0 Å². The first-order chi connectivity index (χ1) is 9.13. The SMILES string of the molecule is COCC(C)OCC(O)CSCc1ccccc1C. The predicted octanol–water partition coefficient (Wildman–Crippen LogP) is 2.64. The molecule has 1 N–H and O–H groups in total. The molecule has 0 heterocycles. The summed E-state index contributed by atoms with van der Waals surface area (Å²) >= 11 is 1.73. The van der Waals surface area contributed by atoms with Crippen LogP contribution in [0.3, 0.4) is 0 Å². The van der Waals surface area contributed by atoms with Gasteiger partial charge >= 0.3 is 0 Å². The second-order valence-electron chi connectivity index (χ2n) is 4.69. The van der Waals surface area contributed by atoms with Gasteiger partial charge in [-0.15, -0.1) is 0 Å². The minimum atomic E-state index is -0.423. The van der Waals surface area contributed by atoms with Crippen LogP contribution in [0.15, 0.2) is 24.3 Å². The maximum atomic E-state index is 9.83. The lowest BCUT2D eigenvalue weighted by Crippen LogP contribution is -2.24. The number of aryl methyl sites for hydroxylation is 1. The van der Waals surface area contributed by atoms with Crippen LogP contribution in [-0.2, 0) is 15.2 Å². The van der Waals surface area contributed by atoms with Gasteiger partial charge in [0.05, 0.1) is 25.4 Å². The molecule has 0 bridgehead atoms. The Morgan fingerprint density at radius 2 is 2.00 bits per heavy atom. The molecule has 0 aliphatic rings. The van der Waals surface area contributed by atoms with Crippen LogP contribution in [0.1, 0.15) is 18.1 Å². The fourth-order valence-electron chi connectivity index (χ4n) is 1.68. The molecule has 1 aromatic carbocycles. The number of aliphatic hydroxyl groups excluding tert-OH is 1. The molecule has 0 spiro atoms. The normalized spacial score (nSPS) is 14.3. The standard InChI is InChI=1S/C15H24O3S/c1-12-6-4-5-7-14(12)10-19-11-15(16)9-18-13(2)8-17-3/h4-7,13,15-16H,8-11H2,1-3H3. The topological polar surface area (TPSA) is 38.7 Å². The highest BCUT2D eigenvalue weighted by molar-refractivity contribution is 7.98. The van der Waals surface area contributed by atoms with Gasteiger partial charge in [-0.3, -0.25) is 0 Å². The monoisotopic (exact) mass is 284 g/mol. The first-order valence-electron chi connectivity index (χ1n) is 6.54. The van der Waals surface area contributed by atoms with Crippen LogP contribution < -0.4 is 0 Å². The van der Waals surface area contributed by atoms with Crippen LogP contribution in [0.5, 0.6) is 0 Å². The summed E-state index contributed by atoms with van der Waals surface area (Å²) in [6, 6.07) is 8.34. The van der Waals surface area contributed by atoms with E-state index < -0.39 is 6.10 Å². The van der Waals surface area contributed by atoms with Crippen molar-refractivity contribution in [1.82, 2.24) is 0 Å². The second-order valence-corrected chi connectivity index (χ2v) is 5.72. The van der Waals surface area contributed by atoms with Gasteiger partial charge < -0.3 is 14.6 Å². The van der Waals surface area contributed by atoms with Gasteiger partial charge in [0, 0.05) is 18.6 Å². The van der Waals surface area contributed by atoms with E-state index in [1.54, 1.807) is 18.9 Å². The largest absolute Gasteiger partial charge is 0.390 e. The Kier molecular flexibility index (Phi) is 8.14. The summed E-state index contributed by atoms with van der Waals surface area (Å²) in [5, 5.41) is 9.83. The van der Waals surface area contributed by atoms with E-state index in [1.165, 1.54) is 11.1 Å².